The maximum Gasteiger partial charge on any atom is 0.324 e. The molecule has 0 radical (unpaired) electrons. The number of hydrazine groups is 1. The van der Waals surface area contributed by atoms with Crippen LogP contribution in [0, 0.1) is 22.7 Å². The van der Waals surface area contributed by atoms with Crippen LogP contribution < -0.4 is 16.1 Å². The molecule has 6 bridgehead atoms. The molecule has 3 aromatic heterocycles. The maximum atomic E-state index is 15.1. The Morgan fingerprint density at radius 1 is 1.00 bits per heavy atom. The van der Waals surface area contributed by atoms with Gasteiger partial charge in [-0.15, -0.1) is 11.3 Å². The van der Waals surface area contributed by atoms with Crippen molar-refractivity contribution in [3.63, 3.8) is 0 Å². The number of benzene rings is 1. The standard InChI is InChI=1S/C54H69N9O6S/c1-6-61-41-18-17-34-25-36(41)37(47(61)35-13-9-21-55-43(35)31(2)3)27-53(4,5)30-69-51(67)38-14-10-22-63(59-38)49(65)39(26-42-56-40(34)28-70-42)57-48(64)46(33-11-7-8-12-33)62-24-20-54(52(62)68)19-23-60(29-54)50(66)45-44(58-45)32-15-16-32/h9,13,17-18,21,25,28,31-33,38-39,44-46,58-59H,6-8,10-12,14-16,19-20,22-24,26-27,29-30H2,1-5H3,(H,57,64)/t38-,39-,44+,45+,46-,54-/m0/s1. The molecule has 1 aromatic carbocycles. The van der Waals surface area contributed by atoms with Crippen molar-refractivity contribution in [1.29, 1.82) is 0 Å². The molecule has 4 aromatic rings. The van der Waals surface area contributed by atoms with E-state index in [0.29, 0.717) is 69.2 Å². The molecule has 2 aliphatic carbocycles. The molecule has 372 valence electrons. The molecular formula is C54H69N9O6S. The van der Waals surface area contributed by atoms with Gasteiger partial charge in [0.05, 0.1) is 34.1 Å². The minimum absolute atomic E-state index is 0.0523. The Labute approximate surface area is 414 Å². The number of nitrogens with zero attached hydrogens (tertiary/aromatic N) is 6. The number of ether oxygens (including phenoxy) is 1. The fourth-order valence-electron chi connectivity index (χ4n) is 12.7. The van der Waals surface area contributed by atoms with E-state index in [9.17, 15) is 19.2 Å². The molecule has 6 fully saturated rings. The Morgan fingerprint density at radius 2 is 1.80 bits per heavy atom. The molecule has 2 saturated carbocycles. The highest BCUT2D eigenvalue weighted by Crippen LogP contribution is 2.46. The van der Waals surface area contributed by atoms with Gasteiger partial charge in [-0.1, -0.05) is 46.6 Å². The summed E-state index contributed by atoms with van der Waals surface area (Å²) in [6.07, 6.45) is 10.8. The van der Waals surface area contributed by atoms with Gasteiger partial charge in [0.25, 0.3) is 5.91 Å². The molecule has 6 atom stereocenters. The minimum Gasteiger partial charge on any atom is -0.464 e. The summed E-state index contributed by atoms with van der Waals surface area (Å²) in [6, 6.07) is 8.27. The average Bonchev–Trinajstić information content (AvgIpc) is 4.05. The Morgan fingerprint density at radius 3 is 2.57 bits per heavy atom. The first-order chi connectivity index (χ1) is 33.7. The number of aromatic nitrogens is 3. The van der Waals surface area contributed by atoms with Gasteiger partial charge < -0.3 is 24.4 Å². The first-order valence-corrected chi connectivity index (χ1v) is 27.1. The highest BCUT2D eigenvalue weighted by Gasteiger charge is 2.58. The summed E-state index contributed by atoms with van der Waals surface area (Å²) in [5, 5.41) is 11.9. The normalized spacial score (nSPS) is 27.7. The van der Waals surface area contributed by atoms with Gasteiger partial charge in [0.1, 0.15) is 24.2 Å². The fraction of sp³-hybridized carbons (Fsp3) is 0.611. The number of amides is 4. The summed E-state index contributed by atoms with van der Waals surface area (Å²) in [6.45, 7) is 13.4. The number of nitrogens with one attached hydrogen (secondary N) is 3. The number of hydrogen-bond donors (Lipinski definition) is 3. The van der Waals surface area contributed by atoms with Crippen molar-refractivity contribution in [1.82, 2.24) is 45.4 Å². The molecular weight excluding hydrogens is 903 g/mol. The van der Waals surface area contributed by atoms with Crippen LogP contribution >= 0.6 is 11.3 Å². The van der Waals surface area contributed by atoms with Crippen molar-refractivity contribution in [2.45, 2.75) is 154 Å². The monoisotopic (exact) mass is 972 g/mol. The van der Waals surface area contributed by atoms with Crippen LogP contribution in [0.1, 0.15) is 121 Å². The molecule has 7 aliphatic rings. The molecule has 1 spiro atoms. The van der Waals surface area contributed by atoms with Gasteiger partial charge in [-0.25, -0.2) is 10.4 Å². The van der Waals surface area contributed by atoms with Crippen LogP contribution in [0.15, 0.2) is 41.9 Å². The lowest BCUT2D eigenvalue weighted by molar-refractivity contribution is -0.155. The number of likely N-dealkylation sites (tertiary alicyclic amines) is 2. The van der Waals surface area contributed by atoms with E-state index in [2.05, 4.69) is 79.5 Å². The zero-order chi connectivity index (χ0) is 48.6. The second kappa shape index (κ2) is 18.4. The second-order valence-corrected chi connectivity index (χ2v) is 23.5. The number of aryl methyl sites for hydroxylation is 1. The van der Waals surface area contributed by atoms with E-state index in [4.69, 9.17) is 14.7 Å². The zero-order valence-corrected chi connectivity index (χ0v) is 42.2. The number of hydrogen-bond acceptors (Lipinski definition) is 11. The van der Waals surface area contributed by atoms with Gasteiger partial charge in [-0.3, -0.25) is 39.3 Å². The number of esters is 1. The third-order valence-corrected chi connectivity index (χ3v) is 17.5. The first-order valence-electron chi connectivity index (χ1n) is 26.2. The SMILES string of the molecule is CCn1c(-c2cccnc2C(C)C)c2c3cc(ccc31)-c1csc(n1)C[C@H](NC(=O)[C@H](C1CCCC1)N1CC[C@]3(CCN(C(=O)[C@@H]4N[C@@H]4C4CC4)C3)C1=O)C(=O)N1CCC[C@H](N1)C(=O)OCC(C)(C)C2. The summed E-state index contributed by atoms with van der Waals surface area (Å²) in [5.41, 5.74) is 9.27. The number of pyridine rings is 1. The lowest BCUT2D eigenvalue weighted by Crippen LogP contribution is -2.62. The van der Waals surface area contributed by atoms with E-state index in [1.165, 1.54) is 29.2 Å². The molecule has 4 amide bonds. The topological polar surface area (TPSA) is 181 Å². The van der Waals surface area contributed by atoms with Gasteiger partial charge in [0, 0.05) is 84.2 Å². The molecule has 0 unspecified atom stereocenters. The van der Waals surface area contributed by atoms with Crippen LogP contribution in [0.3, 0.4) is 0 Å². The van der Waals surface area contributed by atoms with E-state index in [1.807, 2.05) is 22.5 Å². The molecule has 5 aliphatic heterocycles. The van der Waals surface area contributed by atoms with Crippen LogP contribution in [0.5, 0.6) is 0 Å². The number of rotatable bonds is 9. The lowest BCUT2D eigenvalue weighted by Gasteiger charge is -2.37. The van der Waals surface area contributed by atoms with Crippen molar-refractivity contribution in [2.24, 2.45) is 22.7 Å². The van der Waals surface area contributed by atoms with E-state index in [0.717, 1.165) is 76.9 Å². The summed E-state index contributed by atoms with van der Waals surface area (Å²) in [7, 11) is 0. The maximum absolute atomic E-state index is 15.1. The van der Waals surface area contributed by atoms with Crippen LogP contribution in [-0.4, -0.2) is 122 Å². The largest absolute Gasteiger partial charge is 0.464 e. The molecule has 11 rings (SSSR count). The summed E-state index contributed by atoms with van der Waals surface area (Å²) in [5.74, 6) is -0.340. The third kappa shape index (κ3) is 8.73. The van der Waals surface area contributed by atoms with E-state index in [1.54, 1.807) is 4.90 Å². The Kier molecular flexibility index (Phi) is 12.4. The number of carbonyl (C=O) groups is 5. The van der Waals surface area contributed by atoms with Crippen LogP contribution in [-0.2, 0) is 48.1 Å². The Hall–Kier alpha value is -5.19. The minimum atomic E-state index is -1.03. The van der Waals surface area contributed by atoms with Crippen molar-refractivity contribution >= 4 is 51.8 Å². The zero-order valence-electron chi connectivity index (χ0n) is 41.4. The Balaban J connectivity index is 0.915. The summed E-state index contributed by atoms with van der Waals surface area (Å²) in [4.78, 5) is 86.1. The van der Waals surface area contributed by atoms with E-state index in [-0.39, 0.29) is 60.6 Å². The predicted molar refractivity (Wildman–Crippen MR) is 267 cm³/mol. The molecule has 3 N–H and O–H groups in total. The highest BCUT2D eigenvalue weighted by atomic mass is 32.1. The average molecular weight is 972 g/mol. The Bertz CT molecular complexity index is 2720. The smallest absolute Gasteiger partial charge is 0.324 e. The highest BCUT2D eigenvalue weighted by molar-refractivity contribution is 7.10. The number of cyclic esters (lactones) is 1. The van der Waals surface area contributed by atoms with Crippen LogP contribution in [0.25, 0.3) is 33.4 Å². The summed E-state index contributed by atoms with van der Waals surface area (Å²) < 4.78 is 8.55. The van der Waals surface area contributed by atoms with Gasteiger partial charge >= 0.3 is 5.97 Å². The molecule has 16 heteroatoms. The fourth-order valence-corrected chi connectivity index (χ4v) is 13.6. The van der Waals surface area contributed by atoms with Gasteiger partial charge in [0.15, 0.2) is 0 Å². The molecule has 15 nitrogen and oxygen atoms in total. The summed E-state index contributed by atoms with van der Waals surface area (Å²) >= 11 is 1.46. The number of carbonyl (C=O) groups excluding carboxylic acids is 5. The van der Waals surface area contributed by atoms with Crippen molar-refractivity contribution in [3.05, 3.63) is 58.2 Å². The van der Waals surface area contributed by atoms with Crippen LogP contribution in [0.4, 0.5) is 0 Å². The molecule has 70 heavy (non-hydrogen) atoms. The van der Waals surface area contributed by atoms with E-state index >= 15 is 4.79 Å². The molecule has 8 heterocycles. The third-order valence-electron chi connectivity index (χ3n) is 16.6. The van der Waals surface area contributed by atoms with Gasteiger partial charge in [-0.2, -0.15) is 0 Å². The van der Waals surface area contributed by atoms with Crippen LogP contribution in [0.2, 0.25) is 0 Å². The molecule has 4 saturated heterocycles. The van der Waals surface area contributed by atoms with E-state index < -0.39 is 34.9 Å². The first kappa shape index (κ1) is 47.2. The predicted octanol–water partition coefficient (Wildman–Crippen LogP) is 6.38. The lowest BCUT2D eigenvalue weighted by atomic mass is 9.84. The van der Waals surface area contributed by atoms with Crippen molar-refractivity contribution in [3.8, 4) is 22.5 Å². The van der Waals surface area contributed by atoms with Gasteiger partial charge in [0.2, 0.25) is 17.7 Å². The second-order valence-electron chi connectivity index (χ2n) is 22.6. The number of fused-ring (bicyclic) bond motifs is 6. The van der Waals surface area contributed by atoms with Gasteiger partial charge in [-0.05, 0) is 112 Å². The van der Waals surface area contributed by atoms with Crippen molar-refractivity contribution in [2.75, 3.05) is 32.8 Å². The quantitative estimate of drug-likeness (QED) is 0.126. The number of thiazole rings is 1. The van der Waals surface area contributed by atoms with Crippen molar-refractivity contribution < 1.29 is 28.7 Å².